The van der Waals surface area contributed by atoms with Crippen molar-refractivity contribution in [2.75, 3.05) is 13.2 Å². The average molecular weight is 463 g/mol. The van der Waals surface area contributed by atoms with E-state index in [4.69, 9.17) is 9.47 Å². The van der Waals surface area contributed by atoms with Gasteiger partial charge in [-0.3, -0.25) is 0 Å². The van der Waals surface area contributed by atoms with Gasteiger partial charge in [0, 0.05) is 5.56 Å². The fraction of sp³-hybridized carbons (Fsp3) is 0.333. The number of benzene rings is 3. The molecule has 178 valence electrons. The molecule has 0 saturated carbocycles. The molecule has 2 unspecified atom stereocenters. The molecule has 1 heterocycles. The van der Waals surface area contributed by atoms with Gasteiger partial charge in [-0.05, 0) is 79.8 Å². The van der Waals surface area contributed by atoms with Crippen LogP contribution >= 0.6 is 0 Å². The molecule has 2 atom stereocenters. The van der Waals surface area contributed by atoms with E-state index in [1.165, 1.54) is 24.5 Å². The summed E-state index contributed by atoms with van der Waals surface area (Å²) in [6, 6.07) is 19.0. The van der Waals surface area contributed by atoms with E-state index in [0.717, 1.165) is 30.6 Å². The van der Waals surface area contributed by atoms with Crippen LogP contribution in [-0.2, 0) is 4.74 Å². The summed E-state index contributed by atoms with van der Waals surface area (Å²) in [5, 5.41) is 0. The minimum Gasteiger partial charge on any atom is -0.491 e. The molecule has 0 spiro atoms. The summed E-state index contributed by atoms with van der Waals surface area (Å²) < 4.78 is 40.1. The number of hydrogen-bond acceptors (Lipinski definition) is 2. The first kappa shape index (κ1) is 24.2. The van der Waals surface area contributed by atoms with Crippen LogP contribution in [0.15, 0.2) is 72.8 Å². The van der Waals surface area contributed by atoms with Crippen molar-refractivity contribution in [1.29, 1.82) is 0 Å². The fourth-order valence-electron chi connectivity index (χ4n) is 4.55. The van der Waals surface area contributed by atoms with Crippen LogP contribution in [0.5, 0.6) is 5.75 Å². The lowest BCUT2D eigenvalue weighted by molar-refractivity contribution is -0.0190. The molecule has 1 fully saturated rings. The summed E-state index contributed by atoms with van der Waals surface area (Å²) in [4.78, 5) is 0. The normalized spacial score (nSPS) is 18.4. The molecule has 1 aliphatic rings. The van der Waals surface area contributed by atoms with E-state index in [0.29, 0.717) is 11.5 Å². The Morgan fingerprint density at radius 1 is 0.882 bits per heavy atom. The number of halogens is 2. The first-order valence-electron chi connectivity index (χ1n) is 12.1. The van der Waals surface area contributed by atoms with E-state index in [1.807, 2.05) is 24.3 Å². The fourth-order valence-corrected chi connectivity index (χ4v) is 4.55. The average Bonchev–Trinajstić information content (AvgIpc) is 2.88. The highest BCUT2D eigenvalue weighted by Crippen LogP contribution is 2.34. The minimum absolute atomic E-state index is 0.0634. The van der Waals surface area contributed by atoms with E-state index >= 15 is 0 Å². The molecule has 0 N–H and O–H groups in total. The summed E-state index contributed by atoms with van der Waals surface area (Å²) in [6.45, 7) is 4.91. The van der Waals surface area contributed by atoms with Crippen molar-refractivity contribution in [2.45, 2.75) is 45.6 Å². The molecular formula is C30H32F2O2. The highest BCUT2D eigenvalue weighted by molar-refractivity contribution is 5.71. The molecule has 3 aromatic carbocycles. The number of allylic oxidation sites excluding steroid dienone is 2. The lowest BCUT2D eigenvalue weighted by Crippen LogP contribution is -2.20. The standard InChI is InChI=1S/C30H32F2O2/c1-3-5-6-7-21-8-18-27(34-20-21)25-15-11-23(12-16-25)22-9-13-24(14-10-22)26-17-19-28(33-4-2)30(32)29(26)31/h3,5,9-17,19,21,27H,4,6-8,18,20H2,1-2H3. The third-order valence-corrected chi connectivity index (χ3v) is 6.51. The Balaban J connectivity index is 1.41. The molecule has 1 aliphatic heterocycles. The van der Waals surface area contributed by atoms with E-state index in [1.54, 1.807) is 13.0 Å². The summed E-state index contributed by atoms with van der Waals surface area (Å²) in [5.41, 5.74) is 4.16. The van der Waals surface area contributed by atoms with Crippen molar-refractivity contribution in [3.63, 3.8) is 0 Å². The van der Waals surface area contributed by atoms with Gasteiger partial charge in [-0.15, -0.1) is 0 Å². The lowest BCUT2D eigenvalue weighted by atomic mass is 9.91. The lowest BCUT2D eigenvalue weighted by Gasteiger charge is -2.29. The van der Waals surface area contributed by atoms with Crippen LogP contribution in [0.3, 0.4) is 0 Å². The predicted molar refractivity (Wildman–Crippen MR) is 134 cm³/mol. The zero-order valence-corrected chi connectivity index (χ0v) is 19.9. The van der Waals surface area contributed by atoms with Crippen LogP contribution in [0, 0.1) is 17.6 Å². The summed E-state index contributed by atoms with van der Waals surface area (Å²) in [6.07, 6.45) is 9.07. The van der Waals surface area contributed by atoms with Crippen molar-refractivity contribution in [3.05, 3.63) is 90.0 Å². The second-order valence-electron chi connectivity index (χ2n) is 8.78. The van der Waals surface area contributed by atoms with Gasteiger partial charge in [0.15, 0.2) is 11.6 Å². The van der Waals surface area contributed by atoms with E-state index in [9.17, 15) is 8.78 Å². The Kier molecular flexibility index (Phi) is 8.12. The van der Waals surface area contributed by atoms with E-state index < -0.39 is 11.6 Å². The van der Waals surface area contributed by atoms with Crippen LogP contribution < -0.4 is 4.74 Å². The topological polar surface area (TPSA) is 18.5 Å². The molecule has 3 aromatic rings. The number of ether oxygens (including phenoxy) is 2. The zero-order valence-electron chi connectivity index (χ0n) is 19.9. The summed E-state index contributed by atoms with van der Waals surface area (Å²) in [7, 11) is 0. The molecule has 0 aromatic heterocycles. The summed E-state index contributed by atoms with van der Waals surface area (Å²) in [5.74, 6) is -1.25. The van der Waals surface area contributed by atoms with Crippen molar-refractivity contribution in [1.82, 2.24) is 0 Å². The van der Waals surface area contributed by atoms with Crippen molar-refractivity contribution < 1.29 is 18.3 Å². The molecule has 0 bridgehead atoms. The van der Waals surface area contributed by atoms with Gasteiger partial charge in [0.2, 0.25) is 5.82 Å². The van der Waals surface area contributed by atoms with Gasteiger partial charge in [0.25, 0.3) is 0 Å². The van der Waals surface area contributed by atoms with Crippen LogP contribution in [0.4, 0.5) is 8.78 Å². The van der Waals surface area contributed by atoms with Gasteiger partial charge in [0.05, 0.1) is 19.3 Å². The van der Waals surface area contributed by atoms with Crippen LogP contribution in [0.1, 0.15) is 51.2 Å². The van der Waals surface area contributed by atoms with Gasteiger partial charge in [-0.2, -0.15) is 4.39 Å². The smallest absolute Gasteiger partial charge is 0.201 e. The van der Waals surface area contributed by atoms with Gasteiger partial charge >= 0.3 is 0 Å². The van der Waals surface area contributed by atoms with Gasteiger partial charge in [-0.1, -0.05) is 60.7 Å². The monoisotopic (exact) mass is 462 g/mol. The maximum atomic E-state index is 14.5. The minimum atomic E-state index is -0.951. The van der Waals surface area contributed by atoms with Crippen molar-refractivity contribution >= 4 is 0 Å². The molecule has 0 aliphatic carbocycles. The highest BCUT2D eigenvalue weighted by atomic mass is 19.2. The molecular weight excluding hydrogens is 430 g/mol. The molecule has 0 radical (unpaired) electrons. The Labute approximate surface area is 201 Å². The van der Waals surface area contributed by atoms with Crippen LogP contribution in [0.25, 0.3) is 22.3 Å². The molecule has 34 heavy (non-hydrogen) atoms. The van der Waals surface area contributed by atoms with Crippen LogP contribution in [0.2, 0.25) is 0 Å². The number of rotatable bonds is 8. The largest absolute Gasteiger partial charge is 0.491 e. The zero-order chi connectivity index (χ0) is 23.9. The van der Waals surface area contributed by atoms with Crippen molar-refractivity contribution in [3.8, 4) is 28.0 Å². The number of hydrogen-bond donors (Lipinski definition) is 0. The second kappa shape index (κ2) is 11.4. The summed E-state index contributed by atoms with van der Waals surface area (Å²) >= 11 is 0. The molecule has 2 nitrogen and oxygen atoms in total. The predicted octanol–water partition coefficient (Wildman–Crippen LogP) is 8.52. The SMILES string of the molecule is CC=CCCC1CCC(c2ccc(-c3ccc(-c4ccc(OCC)c(F)c4F)cc3)cc2)OC1. The first-order chi connectivity index (χ1) is 16.6. The molecule has 4 rings (SSSR count). The third kappa shape index (κ3) is 5.56. The maximum Gasteiger partial charge on any atom is 0.201 e. The second-order valence-corrected chi connectivity index (χ2v) is 8.78. The van der Waals surface area contributed by atoms with Gasteiger partial charge < -0.3 is 9.47 Å². The maximum absolute atomic E-state index is 14.5. The quantitative estimate of drug-likeness (QED) is 0.312. The Morgan fingerprint density at radius 2 is 1.56 bits per heavy atom. The first-order valence-corrected chi connectivity index (χ1v) is 12.1. The Bertz CT molecular complexity index is 1100. The molecule has 1 saturated heterocycles. The molecule has 4 heteroatoms. The van der Waals surface area contributed by atoms with Gasteiger partial charge in [-0.25, -0.2) is 4.39 Å². The Hall–Kier alpha value is -2.98. The Morgan fingerprint density at radius 3 is 2.18 bits per heavy atom. The van der Waals surface area contributed by atoms with E-state index in [-0.39, 0.29) is 24.0 Å². The van der Waals surface area contributed by atoms with Crippen LogP contribution in [-0.4, -0.2) is 13.2 Å². The highest BCUT2D eigenvalue weighted by Gasteiger charge is 2.22. The van der Waals surface area contributed by atoms with Crippen molar-refractivity contribution in [2.24, 2.45) is 5.92 Å². The van der Waals surface area contributed by atoms with Gasteiger partial charge in [0.1, 0.15) is 0 Å². The molecule has 0 amide bonds. The van der Waals surface area contributed by atoms with E-state index in [2.05, 4.69) is 43.3 Å². The third-order valence-electron chi connectivity index (χ3n) is 6.51.